The van der Waals surface area contributed by atoms with Crippen LogP contribution in [0.15, 0.2) is 53.0 Å². The Kier molecular flexibility index (Phi) is 5.70. The van der Waals surface area contributed by atoms with E-state index in [1.807, 2.05) is 36.4 Å². The largest absolute Gasteiger partial charge is 0.383 e. The number of nitrogens with one attached hydrogen (secondary N) is 1. The van der Waals surface area contributed by atoms with Crippen molar-refractivity contribution in [1.29, 1.82) is 0 Å². The molecule has 0 aromatic heterocycles. The molecular weight excluding hydrogens is 326 g/mol. The predicted molar refractivity (Wildman–Crippen MR) is 83.7 cm³/mol. The van der Waals surface area contributed by atoms with Gasteiger partial charge in [0, 0.05) is 21.7 Å². The average molecular weight is 341 g/mol. The number of rotatable bonds is 6. The second-order valence-corrected chi connectivity index (χ2v) is 5.47. The molecule has 0 amide bonds. The van der Waals surface area contributed by atoms with E-state index < -0.39 is 0 Å². The second kappa shape index (κ2) is 7.53. The summed E-state index contributed by atoms with van der Waals surface area (Å²) in [6.45, 7) is 2.06. The summed E-state index contributed by atoms with van der Waals surface area (Å²) in [7, 11) is 0. The van der Waals surface area contributed by atoms with Gasteiger partial charge in [-0.25, -0.2) is 0 Å². The van der Waals surface area contributed by atoms with Gasteiger partial charge in [-0.05, 0) is 42.0 Å². The van der Waals surface area contributed by atoms with E-state index in [9.17, 15) is 0 Å². The third kappa shape index (κ3) is 5.23. The fourth-order valence-corrected chi connectivity index (χ4v) is 2.22. The molecule has 0 heterocycles. The van der Waals surface area contributed by atoms with Crippen LogP contribution in [-0.4, -0.2) is 13.2 Å². The first-order valence-corrected chi connectivity index (χ1v) is 7.23. The Hall–Kier alpha value is -1.03. The fourth-order valence-electron chi connectivity index (χ4n) is 1.65. The first-order chi connectivity index (χ1) is 9.24. The number of halogens is 2. The van der Waals surface area contributed by atoms with Crippen LogP contribution >= 0.6 is 27.5 Å². The SMILES string of the molecule is Clc1ccc(NCCOCc2cccc(Br)c2)cc1. The highest BCUT2D eigenvalue weighted by Gasteiger charge is 1.95. The van der Waals surface area contributed by atoms with Crippen LogP contribution in [0.5, 0.6) is 0 Å². The van der Waals surface area contributed by atoms with Crippen molar-refractivity contribution in [3.63, 3.8) is 0 Å². The summed E-state index contributed by atoms with van der Waals surface area (Å²) in [4.78, 5) is 0. The predicted octanol–water partition coefficient (Wildman–Crippen LogP) is 4.73. The van der Waals surface area contributed by atoms with E-state index in [2.05, 4.69) is 33.4 Å². The maximum Gasteiger partial charge on any atom is 0.0718 e. The van der Waals surface area contributed by atoms with E-state index in [1.54, 1.807) is 0 Å². The first-order valence-electron chi connectivity index (χ1n) is 6.06. The van der Waals surface area contributed by atoms with E-state index in [1.165, 1.54) is 5.56 Å². The highest BCUT2D eigenvalue weighted by molar-refractivity contribution is 9.10. The zero-order valence-electron chi connectivity index (χ0n) is 10.4. The Morgan fingerprint density at radius 2 is 1.89 bits per heavy atom. The van der Waals surface area contributed by atoms with Gasteiger partial charge in [-0.2, -0.15) is 0 Å². The Labute approximate surface area is 126 Å². The molecule has 2 nitrogen and oxygen atoms in total. The lowest BCUT2D eigenvalue weighted by Crippen LogP contribution is -2.09. The molecule has 0 radical (unpaired) electrons. The molecule has 1 N–H and O–H groups in total. The smallest absolute Gasteiger partial charge is 0.0718 e. The van der Waals surface area contributed by atoms with Gasteiger partial charge >= 0.3 is 0 Å². The minimum atomic E-state index is 0.627. The number of ether oxygens (including phenoxy) is 1. The highest BCUT2D eigenvalue weighted by Crippen LogP contribution is 2.13. The molecule has 0 saturated carbocycles. The zero-order chi connectivity index (χ0) is 13.5. The van der Waals surface area contributed by atoms with Crippen molar-refractivity contribution in [2.24, 2.45) is 0 Å². The van der Waals surface area contributed by atoms with Crippen LogP contribution in [0, 0.1) is 0 Å². The maximum atomic E-state index is 5.82. The lowest BCUT2D eigenvalue weighted by molar-refractivity contribution is 0.130. The van der Waals surface area contributed by atoms with Crippen molar-refractivity contribution in [3.05, 3.63) is 63.6 Å². The molecule has 4 heteroatoms. The Morgan fingerprint density at radius 3 is 2.63 bits per heavy atom. The number of hydrogen-bond donors (Lipinski definition) is 1. The van der Waals surface area contributed by atoms with Crippen LogP contribution in [0.3, 0.4) is 0 Å². The Bertz CT molecular complexity index is 516. The maximum absolute atomic E-state index is 5.82. The molecule has 19 heavy (non-hydrogen) atoms. The summed E-state index contributed by atoms with van der Waals surface area (Å²) < 4.78 is 6.69. The molecule has 2 aromatic carbocycles. The molecular formula is C15H15BrClNO. The van der Waals surface area contributed by atoms with Gasteiger partial charge in [-0.15, -0.1) is 0 Å². The Morgan fingerprint density at radius 1 is 1.11 bits per heavy atom. The van der Waals surface area contributed by atoms with Crippen LogP contribution in [0.4, 0.5) is 5.69 Å². The molecule has 0 unspecified atom stereocenters. The number of benzene rings is 2. The molecule has 2 aromatic rings. The van der Waals surface area contributed by atoms with E-state index in [4.69, 9.17) is 16.3 Å². The van der Waals surface area contributed by atoms with Gasteiger partial charge in [-0.3, -0.25) is 0 Å². The molecule has 0 saturated heterocycles. The van der Waals surface area contributed by atoms with Crippen molar-refractivity contribution in [1.82, 2.24) is 0 Å². The monoisotopic (exact) mass is 339 g/mol. The average Bonchev–Trinajstić information content (AvgIpc) is 2.41. The Balaban J connectivity index is 1.66. The number of hydrogen-bond acceptors (Lipinski definition) is 2. The minimum Gasteiger partial charge on any atom is -0.383 e. The molecule has 0 fully saturated rings. The molecule has 2 rings (SSSR count). The van der Waals surface area contributed by atoms with E-state index in [0.717, 1.165) is 21.7 Å². The second-order valence-electron chi connectivity index (χ2n) is 4.12. The van der Waals surface area contributed by atoms with Crippen LogP contribution in [-0.2, 0) is 11.3 Å². The first kappa shape index (κ1) is 14.4. The summed E-state index contributed by atoms with van der Waals surface area (Å²) in [6.07, 6.45) is 0. The van der Waals surface area contributed by atoms with Crippen LogP contribution in [0.2, 0.25) is 5.02 Å². The summed E-state index contributed by atoms with van der Waals surface area (Å²) >= 11 is 9.26. The van der Waals surface area contributed by atoms with E-state index in [-0.39, 0.29) is 0 Å². The van der Waals surface area contributed by atoms with Gasteiger partial charge in [0.1, 0.15) is 0 Å². The van der Waals surface area contributed by atoms with E-state index >= 15 is 0 Å². The van der Waals surface area contributed by atoms with Gasteiger partial charge in [0.2, 0.25) is 0 Å². The quantitative estimate of drug-likeness (QED) is 0.768. The van der Waals surface area contributed by atoms with Crippen molar-refractivity contribution < 1.29 is 4.74 Å². The molecule has 0 atom stereocenters. The van der Waals surface area contributed by atoms with Gasteiger partial charge < -0.3 is 10.1 Å². The van der Waals surface area contributed by atoms with Crippen molar-refractivity contribution in [3.8, 4) is 0 Å². The highest BCUT2D eigenvalue weighted by atomic mass is 79.9. The molecule has 0 aliphatic heterocycles. The molecule has 0 aliphatic rings. The minimum absolute atomic E-state index is 0.627. The third-order valence-electron chi connectivity index (χ3n) is 2.58. The summed E-state index contributed by atoms with van der Waals surface area (Å²) in [5, 5.41) is 4.02. The standard InChI is InChI=1S/C15H15BrClNO/c16-13-3-1-2-12(10-13)11-19-9-8-18-15-6-4-14(17)5-7-15/h1-7,10,18H,8-9,11H2. The van der Waals surface area contributed by atoms with Crippen molar-refractivity contribution in [2.75, 3.05) is 18.5 Å². The van der Waals surface area contributed by atoms with E-state index in [0.29, 0.717) is 13.2 Å². The van der Waals surface area contributed by atoms with Crippen LogP contribution < -0.4 is 5.32 Å². The molecule has 100 valence electrons. The third-order valence-corrected chi connectivity index (χ3v) is 3.32. The van der Waals surface area contributed by atoms with Crippen molar-refractivity contribution >= 4 is 33.2 Å². The van der Waals surface area contributed by atoms with Gasteiger partial charge in [0.25, 0.3) is 0 Å². The normalized spacial score (nSPS) is 10.4. The zero-order valence-corrected chi connectivity index (χ0v) is 12.7. The molecule has 0 bridgehead atoms. The van der Waals surface area contributed by atoms with Crippen LogP contribution in [0.25, 0.3) is 0 Å². The topological polar surface area (TPSA) is 21.3 Å². The number of anilines is 1. The fraction of sp³-hybridized carbons (Fsp3) is 0.200. The van der Waals surface area contributed by atoms with Crippen molar-refractivity contribution in [2.45, 2.75) is 6.61 Å². The summed E-state index contributed by atoms with van der Waals surface area (Å²) in [5.41, 5.74) is 2.22. The van der Waals surface area contributed by atoms with Crippen LogP contribution in [0.1, 0.15) is 5.56 Å². The molecule has 0 spiro atoms. The van der Waals surface area contributed by atoms with Gasteiger partial charge in [0.15, 0.2) is 0 Å². The molecule has 0 aliphatic carbocycles. The summed E-state index contributed by atoms with van der Waals surface area (Å²) in [6, 6.07) is 15.8. The lowest BCUT2D eigenvalue weighted by Gasteiger charge is -2.07. The lowest BCUT2D eigenvalue weighted by atomic mass is 10.2. The van der Waals surface area contributed by atoms with Gasteiger partial charge in [0.05, 0.1) is 13.2 Å². The van der Waals surface area contributed by atoms with Gasteiger partial charge in [-0.1, -0.05) is 39.7 Å². The summed E-state index contributed by atoms with van der Waals surface area (Å²) in [5.74, 6) is 0.